The van der Waals surface area contributed by atoms with Crippen LogP contribution in [-0.4, -0.2) is 23.3 Å². The SMILES string of the molecule is CN1CN(c2[c-]c(C(c3[c-]c4c(cc3)c3ccccc3n4-c3cc(C(C)(C)C)ccn3)(c3ccccc3)c3ccccc3)ccc2)c2ccccc21.[Pt+2]. The zero-order valence-corrected chi connectivity index (χ0v) is 32.6. The van der Waals surface area contributed by atoms with E-state index in [0.717, 1.165) is 56.8 Å². The molecule has 8 aromatic rings. The number of rotatable bonds is 6. The molecule has 1 aliphatic rings. The summed E-state index contributed by atoms with van der Waals surface area (Å²) in [6, 6.07) is 62.5. The predicted octanol–water partition coefficient (Wildman–Crippen LogP) is 11.0. The molecule has 0 aliphatic carbocycles. The molecule has 0 amide bonds. The normalized spacial score (nSPS) is 13.0. The first-order chi connectivity index (χ1) is 25.3. The van der Waals surface area contributed by atoms with Crippen molar-refractivity contribution in [2.75, 3.05) is 23.5 Å². The summed E-state index contributed by atoms with van der Waals surface area (Å²) in [6.07, 6.45) is 1.94. The summed E-state index contributed by atoms with van der Waals surface area (Å²) in [7, 11) is 2.15. The van der Waals surface area contributed by atoms with Crippen LogP contribution >= 0.6 is 0 Å². The Morgan fingerprint density at radius 2 is 1.23 bits per heavy atom. The van der Waals surface area contributed by atoms with Gasteiger partial charge in [0.15, 0.2) is 0 Å². The fraction of sp³-hybridized carbons (Fsp3) is 0.146. The van der Waals surface area contributed by atoms with Crippen LogP contribution in [-0.2, 0) is 31.9 Å². The number of nitrogens with zero attached hydrogens (tertiary/aromatic N) is 4. The Hall–Kier alpha value is -5.44. The van der Waals surface area contributed by atoms with E-state index < -0.39 is 5.41 Å². The van der Waals surface area contributed by atoms with Crippen molar-refractivity contribution in [1.29, 1.82) is 0 Å². The molecule has 5 heteroatoms. The van der Waals surface area contributed by atoms with Gasteiger partial charge in [-0.2, -0.15) is 36.4 Å². The van der Waals surface area contributed by atoms with Gasteiger partial charge >= 0.3 is 21.1 Å². The summed E-state index contributed by atoms with van der Waals surface area (Å²) >= 11 is 0. The molecule has 0 saturated carbocycles. The number of fused-ring (bicyclic) bond motifs is 4. The Kier molecular flexibility index (Phi) is 8.83. The average molecular weight is 868 g/mol. The van der Waals surface area contributed by atoms with E-state index in [-0.39, 0.29) is 26.5 Å². The molecule has 0 N–H and O–H groups in total. The molecular weight excluding hydrogens is 828 g/mol. The van der Waals surface area contributed by atoms with Crippen LogP contribution in [0.2, 0.25) is 0 Å². The molecule has 0 saturated heterocycles. The third-order valence-electron chi connectivity index (χ3n) is 10.7. The van der Waals surface area contributed by atoms with Crippen LogP contribution in [0, 0.1) is 12.1 Å². The molecule has 0 atom stereocenters. The van der Waals surface area contributed by atoms with Gasteiger partial charge < -0.3 is 14.4 Å². The second-order valence-electron chi connectivity index (χ2n) is 14.8. The molecule has 2 aromatic heterocycles. The largest absolute Gasteiger partial charge is 2.00 e. The molecule has 4 nitrogen and oxygen atoms in total. The van der Waals surface area contributed by atoms with E-state index in [1.807, 2.05) is 6.20 Å². The molecule has 1 aliphatic heterocycles. The van der Waals surface area contributed by atoms with Gasteiger partial charge in [0.25, 0.3) is 0 Å². The van der Waals surface area contributed by atoms with Gasteiger partial charge in [-0.3, -0.25) is 0 Å². The van der Waals surface area contributed by atoms with Crippen molar-refractivity contribution < 1.29 is 21.1 Å². The van der Waals surface area contributed by atoms with Gasteiger partial charge in [-0.15, -0.1) is 22.6 Å². The van der Waals surface area contributed by atoms with Gasteiger partial charge in [0.05, 0.1) is 18.0 Å². The summed E-state index contributed by atoms with van der Waals surface area (Å²) in [4.78, 5) is 9.62. The number of hydrogen-bond acceptors (Lipinski definition) is 3. The minimum atomic E-state index is -0.736. The molecule has 262 valence electrons. The molecule has 0 spiro atoms. The first-order valence-corrected chi connectivity index (χ1v) is 18.0. The summed E-state index contributed by atoms with van der Waals surface area (Å²) in [5.41, 5.74) is 10.4. The third kappa shape index (κ3) is 5.68. The van der Waals surface area contributed by atoms with E-state index >= 15 is 0 Å². The fourth-order valence-corrected chi connectivity index (χ4v) is 8.09. The van der Waals surface area contributed by atoms with Crippen molar-refractivity contribution >= 4 is 38.9 Å². The van der Waals surface area contributed by atoms with Crippen LogP contribution in [0.15, 0.2) is 158 Å². The first kappa shape index (κ1) is 34.6. The number of benzene rings is 6. The van der Waals surface area contributed by atoms with Crippen molar-refractivity contribution in [1.82, 2.24) is 9.55 Å². The second-order valence-corrected chi connectivity index (χ2v) is 14.8. The number of anilines is 3. The van der Waals surface area contributed by atoms with Crippen LogP contribution in [0.1, 0.15) is 48.6 Å². The number of hydrogen-bond donors (Lipinski definition) is 0. The van der Waals surface area contributed by atoms with Crippen molar-refractivity contribution in [3.05, 3.63) is 198 Å². The molecule has 3 heterocycles. The van der Waals surface area contributed by atoms with Gasteiger partial charge in [-0.1, -0.05) is 123 Å². The molecule has 53 heavy (non-hydrogen) atoms. The molecule has 0 unspecified atom stereocenters. The van der Waals surface area contributed by atoms with E-state index in [4.69, 9.17) is 4.98 Å². The maximum absolute atomic E-state index is 4.97. The summed E-state index contributed by atoms with van der Waals surface area (Å²) in [5.74, 6) is 0.891. The van der Waals surface area contributed by atoms with Crippen molar-refractivity contribution in [3.8, 4) is 5.82 Å². The van der Waals surface area contributed by atoms with Gasteiger partial charge in [0.1, 0.15) is 5.82 Å². The average Bonchev–Trinajstić information content (AvgIpc) is 3.70. The first-order valence-electron chi connectivity index (χ1n) is 18.0. The molecule has 0 radical (unpaired) electrons. The minimum absolute atomic E-state index is 0. The number of para-hydroxylation sites is 3. The van der Waals surface area contributed by atoms with E-state index in [1.54, 1.807) is 0 Å². The maximum Gasteiger partial charge on any atom is 2.00 e. The Bertz CT molecular complexity index is 2530. The maximum atomic E-state index is 4.97. The Balaban J connectivity index is 0.00000400. The molecule has 0 bridgehead atoms. The minimum Gasteiger partial charge on any atom is -0.355 e. The third-order valence-corrected chi connectivity index (χ3v) is 10.7. The van der Waals surface area contributed by atoms with Crippen LogP contribution < -0.4 is 9.80 Å². The second kappa shape index (κ2) is 13.5. The summed E-state index contributed by atoms with van der Waals surface area (Å²) < 4.78 is 2.29. The topological polar surface area (TPSA) is 24.3 Å². The quantitative estimate of drug-likeness (QED) is 0.123. The Morgan fingerprint density at radius 1 is 0.585 bits per heavy atom. The number of pyridine rings is 1. The number of aromatic nitrogens is 2. The predicted molar refractivity (Wildman–Crippen MR) is 215 cm³/mol. The molecular formula is C48H40N4Pt. The van der Waals surface area contributed by atoms with E-state index in [2.05, 4.69) is 206 Å². The van der Waals surface area contributed by atoms with E-state index in [0.29, 0.717) is 0 Å². The van der Waals surface area contributed by atoms with Crippen LogP contribution in [0.3, 0.4) is 0 Å². The van der Waals surface area contributed by atoms with E-state index in [1.165, 1.54) is 22.3 Å². The van der Waals surface area contributed by atoms with Crippen LogP contribution in [0.4, 0.5) is 17.1 Å². The monoisotopic (exact) mass is 867 g/mol. The van der Waals surface area contributed by atoms with Crippen LogP contribution in [0.5, 0.6) is 0 Å². The van der Waals surface area contributed by atoms with Crippen molar-refractivity contribution in [2.24, 2.45) is 0 Å². The van der Waals surface area contributed by atoms with Crippen molar-refractivity contribution in [3.63, 3.8) is 0 Å². The molecule has 9 rings (SSSR count). The van der Waals surface area contributed by atoms with Crippen molar-refractivity contribution in [2.45, 2.75) is 31.6 Å². The standard InChI is InChI=1S/C48H40N4.Pt/c1-47(2,3)36-28-29-49-46(32-36)52-42-23-12-11-22-40(42)41-27-26-38(31-45(41)52)48(34-16-7-5-8-17-34,35-18-9-6-10-19-35)37-20-15-21-39(30-37)51-33-50(4)43-24-13-14-25-44(43)51;/h5-29,32H,33H2,1-4H3;/q-2;+2. The van der Waals surface area contributed by atoms with Gasteiger partial charge in [0.2, 0.25) is 0 Å². The van der Waals surface area contributed by atoms with Gasteiger partial charge in [-0.25, -0.2) is 4.98 Å². The smallest absolute Gasteiger partial charge is 0.355 e. The Labute approximate surface area is 326 Å². The molecule has 6 aromatic carbocycles. The zero-order valence-electron chi connectivity index (χ0n) is 30.3. The van der Waals surface area contributed by atoms with Gasteiger partial charge in [0, 0.05) is 24.2 Å². The summed E-state index contributed by atoms with van der Waals surface area (Å²) in [5, 5.41) is 2.32. The van der Waals surface area contributed by atoms with E-state index in [9.17, 15) is 0 Å². The Morgan fingerprint density at radius 3 is 1.94 bits per heavy atom. The zero-order chi connectivity index (χ0) is 35.5. The summed E-state index contributed by atoms with van der Waals surface area (Å²) in [6.45, 7) is 7.50. The van der Waals surface area contributed by atoms with Crippen LogP contribution in [0.25, 0.3) is 27.6 Å². The fourth-order valence-electron chi connectivity index (χ4n) is 8.09. The van der Waals surface area contributed by atoms with Gasteiger partial charge in [-0.05, 0) is 57.8 Å². The molecule has 0 fully saturated rings.